The summed E-state index contributed by atoms with van der Waals surface area (Å²) < 4.78 is 22.7. The zero-order valence-corrected chi connectivity index (χ0v) is 9.42. The highest BCUT2D eigenvalue weighted by Crippen LogP contribution is 2.28. The lowest BCUT2D eigenvalue weighted by Crippen LogP contribution is -2.23. The predicted molar refractivity (Wildman–Crippen MR) is 55.8 cm³/mol. The summed E-state index contributed by atoms with van der Waals surface area (Å²) >= 11 is 0. The number of hydrogen-bond donors (Lipinski definition) is 0. The second-order valence-corrected chi connectivity index (χ2v) is 6.51. The molecule has 1 fully saturated rings. The van der Waals surface area contributed by atoms with Crippen molar-refractivity contribution >= 4 is 16.1 Å². The highest BCUT2D eigenvalue weighted by molar-refractivity contribution is 7.91. The molecule has 0 spiro atoms. The van der Waals surface area contributed by atoms with Gasteiger partial charge in [0.05, 0.1) is 5.75 Å². The molecule has 0 atom stereocenters. The third kappa shape index (κ3) is 3.40. The normalized spacial score (nSPS) is 28.6. The fourth-order valence-corrected chi connectivity index (χ4v) is 3.26. The number of carbonyl (C=O) groups excluding carboxylic acids is 1. The lowest BCUT2D eigenvalue weighted by atomic mass is 9.84. The molecular formula is C10H18O3S. The van der Waals surface area contributed by atoms with E-state index >= 15 is 0 Å². The first-order chi connectivity index (χ1) is 6.57. The quantitative estimate of drug-likeness (QED) is 0.671. The number of sulfone groups is 1. The smallest absolute Gasteiger partial charge is 0.150 e. The van der Waals surface area contributed by atoms with Crippen LogP contribution >= 0.6 is 0 Å². The fraction of sp³-hybridized carbons (Fsp3) is 0.900. The Bertz CT molecular complexity index is 274. The first-order valence-electron chi connectivity index (χ1n) is 5.23. The number of carbonyl (C=O) groups is 1. The molecule has 0 aliphatic heterocycles. The molecule has 0 amide bonds. The molecule has 1 rings (SSSR count). The fourth-order valence-electron chi connectivity index (χ4n) is 1.97. The molecule has 1 saturated carbocycles. The number of rotatable bonds is 4. The van der Waals surface area contributed by atoms with Crippen molar-refractivity contribution in [3.8, 4) is 0 Å². The Morgan fingerprint density at radius 3 is 2.21 bits per heavy atom. The molecule has 0 radical (unpaired) electrons. The molecule has 1 aliphatic carbocycles. The zero-order chi connectivity index (χ0) is 10.6. The van der Waals surface area contributed by atoms with Crippen molar-refractivity contribution in [2.75, 3.05) is 11.5 Å². The molecule has 0 aromatic heterocycles. The van der Waals surface area contributed by atoms with Gasteiger partial charge in [-0.25, -0.2) is 8.42 Å². The van der Waals surface area contributed by atoms with Crippen LogP contribution in [-0.4, -0.2) is 26.2 Å². The molecule has 14 heavy (non-hydrogen) atoms. The first-order valence-corrected chi connectivity index (χ1v) is 7.05. The Kier molecular flexibility index (Phi) is 4.11. The predicted octanol–water partition coefficient (Wildman–Crippen LogP) is 1.43. The Labute approximate surface area is 85.8 Å². The molecule has 0 heterocycles. The molecule has 0 N–H and O–H groups in total. The Balaban J connectivity index is 2.40. The van der Waals surface area contributed by atoms with Gasteiger partial charge in [0.15, 0.2) is 0 Å². The Morgan fingerprint density at radius 1 is 1.21 bits per heavy atom. The molecule has 0 saturated heterocycles. The SMILES string of the molecule is CCS(=O)(=O)CC1CCC(C=O)CC1. The van der Waals surface area contributed by atoms with Gasteiger partial charge in [-0.05, 0) is 31.6 Å². The Morgan fingerprint density at radius 2 is 1.79 bits per heavy atom. The van der Waals surface area contributed by atoms with E-state index in [0.717, 1.165) is 32.0 Å². The van der Waals surface area contributed by atoms with E-state index in [4.69, 9.17) is 0 Å². The third-order valence-corrected chi connectivity index (χ3v) is 4.87. The minimum Gasteiger partial charge on any atom is -0.303 e. The van der Waals surface area contributed by atoms with Crippen LogP contribution in [0.5, 0.6) is 0 Å². The van der Waals surface area contributed by atoms with E-state index in [2.05, 4.69) is 0 Å². The van der Waals surface area contributed by atoms with Gasteiger partial charge in [0.25, 0.3) is 0 Å². The van der Waals surface area contributed by atoms with Gasteiger partial charge < -0.3 is 4.79 Å². The minimum absolute atomic E-state index is 0.176. The summed E-state index contributed by atoms with van der Waals surface area (Å²) in [6.07, 6.45) is 4.52. The highest BCUT2D eigenvalue weighted by Gasteiger charge is 2.24. The average molecular weight is 218 g/mol. The summed E-state index contributed by atoms with van der Waals surface area (Å²) in [5, 5.41) is 0. The van der Waals surface area contributed by atoms with Crippen LogP contribution in [0.3, 0.4) is 0 Å². The summed E-state index contributed by atoms with van der Waals surface area (Å²) in [5.41, 5.74) is 0. The second-order valence-electron chi connectivity index (χ2n) is 4.12. The van der Waals surface area contributed by atoms with E-state index in [-0.39, 0.29) is 17.6 Å². The summed E-state index contributed by atoms with van der Waals surface area (Å²) in [6, 6.07) is 0. The second kappa shape index (κ2) is 4.91. The lowest BCUT2D eigenvalue weighted by molar-refractivity contribution is -0.112. The molecule has 3 nitrogen and oxygen atoms in total. The van der Waals surface area contributed by atoms with Crippen molar-refractivity contribution in [3.05, 3.63) is 0 Å². The maximum absolute atomic E-state index is 11.3. The molecule has 0 aromatic carbocycles. The van der Waals surface area contributed by atoms with E-state index in [1.807, 2.05) is 0 Å². The van der Waals surface area contributed by atoms with Crippen molar-refractivity contribution in [1.29, 1.82) is 0 Å². The number of aldehydes is 1. The summed E-state index contributed by atoms with van der Waals surface area (Å²) in [6.45, 7) is 1.69. The van der Waals surface area contributed by atoms with Gasteiger partial charge in [0.2, 0.25) is 0 Å². The zero-order valence-electron chi connectivity index (χ0n) is 8.61. The van der Waals surface area contributed by atoms with Crippen molar-refractivity contribution in [3.63, 3.8) is 0 Å². The maximum atomic E-state index is 11.3. The van der Waals surface area contributed by atoms with Crippen LogP contribution in [0.1, 0.15) is 32.6 Å². The first kappa shape index (κ1) is 11.7. The minimum atomic E-state index is -2.83. The van der Waals surface area contributed by atoms with Gasteiger partial charge >= 0.3 is 0 Å². The van der Waals surface area contributed by atoms with Crippen LogP contribution in [0.25, 0.3) is 0 Å². The summed E-state index contributed by atoms with van der Waals surface area (Å²) in [7, 11) is -2.83. The van der Waals surface area contributed by atoms with Crippen LogP contribution in [-0.2, 0) is 14.6 Å². The maximum Gasteiger partial charge on any atom is 0.150 e. The van der Waals surface area contributed by atoms with E-state index in [9.17, 15) is 13.2 Å². The largest absolute Gasteiger partial charge is 0.303 e. The average Bonchev–Trinajstić information content (AvgIpc) is 2.19. The molecule has 1 aliphatic rings. The van der Waals surface area contributed by atoms with Crippen LogP contribution in [0, 0.1) is 11.8 Å². The lowest BCUT2D eigenvalue weighted by Gasteiger charge is -2.24. The third-order valence-electron chi connectivity index (χ3n) is 3.01. The summed E-state index contributed by atoms with van der Waals surface area (Å²) in [4.78, 5) is 10.5. The monoisotopic (exact) mass is 218 g/mol. The van der Waals surface area contributed by atoms with Crippen LogP contribution in [0.2, 0.25) is 0 Å². The van der Waals surface area contributed by atoms with Crippen molar-refractivity contribution in [2.24, 2.45) is 11.8 Å². The van der Waals surface area contributed by atoms with Gasteiger partial charge in [-0.15, -0.1) is 0 Å². The molecule has 82 valence electrons. The van der Waals surface area contributed by atoms with Crippen molar-refractivity contribution in [2.45, 2.75) is 32.6 Å². The molecule has 0 bridgehead atoms. The van der Waals surface area contributed by atoms with Gasteiger partial charge in [0.1, 0.15) is 16.1 Å². The van der Waals surface area contributed by atoms with Gasteiger partial charge in [-0.3, -0.25) is 0 Å². The van der Waals surface area contributed by atoms with Crippen molar-refractivity contribution in [1.82, 2.24) is 0 Å². The molecule has 0 aromatic rings. The topological polar surface area (TPSA) is 51.2 Å². The highest BCUT2D eigenvalue weighted by atomic mass is 32.2. The van der Waals surface area contributed by atoms with Crippen LogP contribution in [0.4, 0.5) is 0 Å². The van der Waals surface area contributed by atoms with Gasteiger partial charge in [-0.2, -0.15) is 0 Å². The van der Waals surface area contributed by atoms with E-state index < -0.39 is 9.84 Å². The standard InChI is InChI=1S/C10H18O3S/c1-2-14(12,13)8-10-5-3-9(7-11)4-6-10/h7,9-10H,2-6,8H2,1H3. The Hall–Kier alpha value is -0.380. The molecule has 0 unspecified atom stereocenters. The van der Waals surface area contributed by atoms with Crippen LogP contribution in [0.15, 0.2) is 0 Å². The van der Waals surface area contributed by atoms with E-state index in [1.54, 1.807) is 6.92 Å². The summed E-state index contributed by atoms with van der Waals surface area (Å²) in [5.74, 6) is 1.02. The van der Waals surface area contributed by atoms with Crippen LogP contribution < -0.4 is 0 Å². The molecular weight excluding hydrogens is 200 g/mol. The van der Waals surface area contributed by atoms with Gasteiger partial charge in [0, 0.05) is 11.7 Å². The van der Waals surface area contributed by atoms with E-state index in [1.165, 1.54) is 0 Å². The molecule has 4 heteroatoms. The van der Waals surface area contributed by atoms with Gasteiger partial charge in [-0.1, -0.05) is 6.92 Å². The number of hydrogen-bond acceptors (Lipinski definition) is 3. The van der Waals surface area contributed by atoms with Crippen molar-refractivity contribution < 1.29 is 13.2 Å². The van der Waals surface area contributed by atoms with E-state index in [0.29, 0.717) is 5.75 Å².